The molecule has 0 spiro atoms. The Morgan fingerprint density at radius 2 is 1.53 bits per heavy atom. The summed E-state index contributed by atoms with van der Waals surface area (Å²) in [5.41, 5.74) is 1.06. The van der Waals surface area contributed by atoms with Gasteiger partial charge in [-0.2, -0.15) is 0 Å². The van der Waals surface area contributed by atoms with E-state index in [1.807, 2.05) is 0 Å². The quantitative estimate of drug-likeness (QED) is 0.854. The van der Waals surface area contributed by atoms with Crippen LogP contribution in [0, 0.1) is 0 Å². The Bertz CT molecular complexity index is 436. The standard InChI is InChI=1S/C12H13NO4/c1-8(14)13(9(2)15)11-5-3-10(4-6-11)7-12(16)17/h3-6H,7H2,1-2H3,(H,16,17). The predicted octanol–water partition coefficient (Wildman–Crippen LogP) is 1.21. The van der Waals surface area contributed by atoms with E-state index in [0.29, 0.717) is 11.3 Å². The summed E-state index contributed by atoms with van der Waals surface area (Å²) in [6.45, 7) is 2.60. The third-order valence-corrected chi connectivity index (χ3v) is 2.18. The second-order valence-electron chi connectivity index (χ2n) is 3.61. The minimum absolute atomic E-state index is 0.0829. The number of carboxylic acids is 1. The SMILES string of the molecule is CC(=O)N(C(C)=O)c1ccc(CC(=O)O)cc1. The van der Waals surface area contributed by atoms with Crippen LogP contribution in [0.4, 0.5) is 5.69 Å². The van der Waals surface area contributed by atoms with E-state index in [2.05, 4.69) is 0 Å². The normalized spacial score (nSPS) is 9.76. The van der Waals surface area contributed by atoms with Crippen molar-refractivity contribution in [1.29, 1.82) is 0 Å². The Morgan fingerprint density at radius 1 is 1.06 bits per heavy atom. The third-order valence-electron chi connectivity index (χ3n) is 2.18. The van der Waals surface area contributed by atoms with Crippen molar-refractivity contribution >= 4 is 23.5 Å². The number of nitrogens with zero attached hydrogens (tertiary/aromatic N) is 1. The highest BCUT2D eigenvalue weighted by Crippen LogP contribution is 2.16. The Hall–Kier alpha value is -2.17. The van der Waals surface area contributed by atoms with Crippen molar-refractivity contribution in [2.45, 2.75) is 20.3 Å². The smallest absolute Gasteiger partial charge is 0.307 e. The summed E-state index contributed by atoms with van der Waals surface area (Å²) in [6, 6.07) is 6.28. The van der Waals surface area contributed by atoms with Gasteiger partial charge in [-0.15, -0.1) is 0 Å². The number of benzene rings is 1. The van der Waals surface area contributed by atoms with Crippen molar-refractivity contribution < 1.29 is 19.5 Å². The van der Waals surface area contributed by atoms with E-state index in [9.17, 15) is 14.4 Å². The van der Waals surface area contributed by atoms with Crippen LogP contribution < -0.4 is 4.90 Å². The van der Waals surface area contributed by atoms with Crippen molar-refractivity contribution in [2.24, 2.45) is 0 Å². The molecule has 0 aliphatic heterocycles. The molecule has 0 aliphatic rings. The van der Waals surface area contributed by atoms with Crippen molar-refractivity contribution in [3.63, 3.8) is 0 Å². The van der Waals surface area contributed by atoms with Crippen molar-refractivity contribution in [2.75, 3.05) is 4.90 Å². The summed E-state index contributed by atoms with van der Waals surface area (Å²) in [5, 5.41) is 8.60. The van der Waals surface area contributed by atoms with Crippen LogP contribution in [0.15, 0.2) is 24.3 Å². The van der Waals surface area contributed by atoms with Crippen LogP contribution in [0.1, 0.15) is 19.4 Å². The number of carboxylic acid groups (broad SMARTS) is 1. The number of carbonyl (C=O) groups excluding carboxylic acids is 2. The summed E-state index contributed by atoms with van der Waals surface area (Å²) in [5.74, 6) is -1.67. The average molecular weight is 235 g/mol. The van der Waals surface area contributed by atoms with Gasteiger partial charge >= 0.3 is 5.97 Å². The van der Waals surface area contributed by atoms with Gasteiger partial charge in [0, 0.05) is 13.8 Å². The molecule has 0 radical (unpaired) electrons. The van der Waals surface area contributed by atoms with Crippen LogP contribution in [0.25, 0.3) is 0 Å². The zero-order valence-electron chi connectivity index (χ0n) is 9.64. The fraction of sp³-hybridized carbons (Fsp3) is 0.250. The van der Waals surface area contributed by atoms with Gasteiger partial charge in [0.1, 0.15) is 0 Å². The minimum Gasteiger partial charge on any atom is -0.481 e. The van der Waals surface area contributed by atoms with Gasteiger partial charge in [0.25, 0.3) is 0 Å². The molecule has 0 bridgehead atoms. The van der Waals surface area contributed by atoms with Gasteiger partial charge in [-0.25, -0.2) is 0 Å². The van der Waals surface area contributed by atoms with Crippen molar-refractivity contribution in [3.8, 4) is 0 Å². The van der Waals surface area contributed by atoms with Gasteiger partial charge in [-0.05, 0) is 17.7 Å². The molecule has 1 aromatic rings. The van der Waals surface area contributed by atoms with E-state index in [1.165, 1.54) is 13.8 Å². The van der Waals surface area contributed by atoms with Crippen LogP contribution in [0.2, 0.25) is 0 Å². The zero-order chi connectivity index (χ0) is 13.0. The molecule has 0 heterocycles. The summed E-state index contributed by atoms with van der Waals surface area (Å²) >= 11 is 0. The molecule has 17 heavy (non-hydrogen) atoms. The predicted molar refractivity (Wildman–Crippen MR) is 61.6 cm³/mol. The van der Waals surface area contributed by atoms with Crippen LogP contribution in [-0.2, 0) is 20.8 Å². The Balaban J connectivity index is 2.96. The summed E-state index contributed by atoms with van der Waals surface area (Å²) in [7, 11) is 0. The van der Waals surface area contributed by atoms with Crippen LogP contribution in [0.5, 0.6) is 0 Å². The fourth-order valence-electron chi connectivity index (χ4n) is 1.52. The van der Waals surface area contributed by atoms with Gasteiger partial charge in [0.05, 0.1) is 12.1 Å². The first-order valence-electron chi connectivity index (χ1n) is 5.04. The number of hydrogen-bond donors (Lipinski definition) is 1. The molecule has 0 fully saturated rings. The molecule has 0 aliphatic carbocycles. The maximum atomic E-state index is 11.3. The molecular weight excluding hydrogens is 222 g/mol. The zero-order valence-corrected chi connectivity index (χ0v) is 9.64. The minimum atomic E-state index is -0.923. The van der Waals surface area contributed by atoms with Gasteiger partial charge in [0.15, 0.2) is 0 Å². The van der Waals surface area contributed by atoms with E-state index in [0.717, 1.165) is 4.90 Å². The summed E-state index contributed by atoms with van der Waals surface area (Å²) in [6.07, 6.45) is -0.0829. The lowest BCUT2D eigenvalue weighted by molar-refractivity contribution is -0.136. The molecule has 5 heteroatoms. The third kappa shape index (κ3) is 3.41. The van der Waals surface area contributed by atoms with Crippen molar-refractivity contribution in [3.05, 3.63) is 29.8 Å². The van der Waals surface area contributed by atoms with E-state index in [1.54, 1.807) is 24.3 Å². The summed E-state index contributed by atoms with van der Waals surface area (Å²) < 4.78 is 0. The summed E-state index contributed by atoms with van der Waals surface area (Å²) in [4.78, 5) is 34.0. The molecule has 0 atom stereocenters. The second kappa shape index (κ2) is 5.25. The van der Waals surface area contributed by atoms with Gasteiger partial charge in [-0.1, -0.05) is 12.1 Å². The number of anilines is 1. The molecule has 5 nitrogen and oxygen atoms in total. The Labute approximate surface area is 98.7 Å². The highest BCUT2D eigenvalue weighted by atomic mass is 16.4. The molecular formula is C12H13NO4. The first-order valence-corrected chi connectivity index (χ1v) is 5.04. The monoisotopic (exact) mass is 235 g/mol. The number of amides is 2. The lowest BCUT2D eigenvalue weighted by Crippen LogP contribution is -2.32. The molecule has 90 valence electrons. The van der Waals surface area contributed by atoms with E-state index in [-0.39, 0.29) is 18.2 Å². The van der Waals surface area contributed by atoms with E-state index < -0.39 is 5.97 Å². The van der Waals surface area contributed by atoms with Crippen LogP contribution in [0.3, 0.4) is 0 Å². The van der Waals surface area contributed by atoms with E-state index >= 15 is 0 Å². The van der Waals surface area contributed by atoms with E-state index in [4.69, 9.17) is 5.11 Å². The highest BCUT2D eigenvalue weighted by molar-refractivity contribution is 6.13. The van der Waals surface area contributed by atoms with Gasteiger partial charge in [0.2, 0.25) is 11.8 Å². The molecule has 0 unspecified atom stereocenters. The number of aliphatic carboxylic acids is 1. The molecule has 0 saturated heterocycles. The van der Waals surface area contributed by atoms with Gasteiger partial charge in [-0.3, -0.25) is 19.3 Å². The van der Waals surface area contributed by atoms with Gasteiger partial charge < -0.3 is 5.11 Å². The Kier molecular flexibility index (Phi) is 3.98. The lowest BCUT2D eigenvalue weighted by Gasteiger charge is -2.17. The molecule has 1 rings (SSSR count). The fourth-order valence-corrected chi connectivity index (χ4v) is 1.52. The topological polar surface area (TPSA) is 74.7 Å². The second-order valence-corrected chi connectivity index (χ2v) is 3.61. The van der Waals surface area contributed by atoms with Crippen molar-refractivity contribution in [1.82, 2.24) is 0 Å². The molecule has 0 saturated carbocycles. The molecule has 1 aromatic carbocycles. The maximum Gasteiger partial charge on any atom is 0.307 e. The Morgan fingerprint density at radius 3 is 1.88 bits per heavy atom. The first-order chi connectivity index (χ1) is 7.91. The highest BCUT2D eigenvalue weighted by Gasteiger charge is 2.15. The number of rotatable bonds is 3. The molecule has 1 N–H and O–H groups in total. The average Bonchev–Trinajstić information content (AvgIpc) is 2.18. The number of hydrogen-bond acceptors (Lipinski definition) is 3. The molecule has 2 amide bonds. The molecule has 0 aromatic heterocycles. The first kappa shape index (κ1) is 12.9. The van der Waals surface area contributed by atoms with Crippen LogP contribution >= 0.6 is 0 Å². The number of imide groups is 1. The number of carbonyl (C=O) groups is 3. The van der Waals surface area contributed by atoms with Crippen LogP contribution in [-0.4, -0.2) is 22.9 Å². The maximum absolute atomic E-state index is 11.3. The largest absolute Gasteiger partial charge is 0.481 e. The lowest BCUT2D eigenvalue weighted by atomic mass is 10.1.